The van der Waals surface area contributed by atoms with Gasteiger partial charge in [-0.15, -0.1) is 0 Å². The van der Waals surface area contributed by atoms with Crippen LogP contribution in [0.2, 0.25) is 0 Å². The second-order valence-electron chi connectivity index (χ2n) is 4.98. The van der Waals surface area contributed by atoms with Crippen molar-refractivity contribution in [1.82, 2.24) is 25.7 Å². The van der Waals surface area contributed by atoms with E-state index in [9.17, 15) is 4.79 Å². The molecule has 2 aliphatic rings. The van der Waals surface area contributed by atoms with Crippen molar-refractivity contribution in [3.8, 4) is 0 Å². The number of amides is 1. The number of fused-ring (bicyclic) bond motifs is 1. The summed E-state index contributed by atoms with van der Waals surface area (Å²) in [5, 5.41) is 5.63. The molecule has 2 aromatic heterocycles. The normalized spacial score (nSPS) is 20.4. The van der Waals surface area contributed by atoms with Crippen LogP contribution >= 0.6 is 0 Å². The first-order valence-corrected chi connectivity index (χ1v) is 6.86. The minimum absolute atomic E-state index is 0.183. The van der Waals surface area contributed by atoms with E-state index in [1.807, 2.05) is 23.3 Å². The van der Waals surface area contributed by atoms with E-state index in [0.717, 1.165) is 36.1 Å². The van der Waals surface area contributed by atoms with Gasteiger partial charge in [0.05, 0.1) is 0 Å². The summed E-state index contributed by atoms with van der Waals surface area (Å²) >= 11 is 0. The molecule has 0 radical (unpaired) electrons. The number of hydrazine groups is 1. The Morgan fingerprint density at radius 1 is 1.38 bits per heavy atom. The molecular weight excluding hydrogens is 268 g/mol. The van der Waals surface area contributed by atoms with Gasteiger partial charge in [-0.3, -0.25) is 15.1 Å². The molecule has 7 heteroatoms. The standard InChI is InChI=1S/C14H14N6O/c21-13-11(18-14(19-13)20-6-2-5-17-20)7-9-8-16-12-10(9)3-1-4-15-12/h1,3-4,7-8,17H,2,5-6H2,(H,15,16)(H,18,19,21)/b11-7-. The third-order valence-corrected chi connectivity index (χ3v) is 3.58. The number of H-pyrrole nitrogens is 1. The molecule has 0 bridgehead atoms. The number of carbonyl (C=O) groups excluding carboxylic acids is 1. The van der Waals surface area contributed by atoms with Crippen molar-refractivity contribution in [3.63, 3.8) is 0 Å². The van der Waals surface area contributed by atoms with E-state index in [2.05, 4.69) is 25.7 Å². The monoisotopic (exact) mass is 282 g/mol. The van der Waals surface area contributed by atoms with Gasteiger partial charge in [0.2, 0.25) is 5.96 Å². The van der Waals surface area contributed by atoms with Gasteiger partial charge in [-0.2, -0.15) is 0 Å². The average Bonchev–Trinajstić information content (AvgIpc) is 3.21. The van der Waals surface area contributed by atoms with Crippen LogP contribution in [-0.4, -0.2) is 39.9 Å². The highest BCUT2D eigenvalue weighted by molar-refractivity contribution is 6.14. The summed E-state index contributed by atoms with van der Waals surface area (Å²) in [6.07, 6.45) is 6.38. The number of hydrogen-bond acceptors (Lipinski definition) is 5. The largest absolute Gasteiger partial charge is 0.346 e. The Bertz CT molecular complexity index is 769. The van der Waals surface area contributed by atoms with Crippen molar-refractivity contribution < 1.29 is 4.79 Å². The number of aromatic amines is 1. The van der Waals surface area contributed by atoms with E-state index in [1.54, 1.807) is 12.3 Å². The summed E-state index contributed by atoms with van der Waals surface area (Å²) in [6, 6.07) is 3.83. The Morgan fingerprint density at radius 3 is 3.19 bits per heavy atom. The Kier molecular flexibility index (Phi) is 2.71. The zero-order chi connectivity index (χ0) is 14.2. The van der Waals surface area contributed by atoms with Crippen molar-refractivity contribution in [1.29, 1.82) is 0 Å². The highest BCUT2D eigenvalue weighted by Crippen LogP contribution is 2.20. The van der Waals surface area contributed by atoms with Crippen LogP contribution < -0.4 is 10.7 Å². The fraction of sp³-hybridized carbons (Fsp3) is 0.214. The maximum atomic E-state index is 12.0. The van der Waals surface area contributed by atoms with Crippen molar-refractivity contribution in [2.24, 2.45) is 4.99 Å². The average molecular weight is 282 g/mol. The van der Waals surface area contributed by atoms with Gasteiger partial charge in [0.15, 0.2) is 0 Å². The highest BCUT2D eigenvalue weighted by Gasteiger charge is 2.26. The first-order chi connectivity index (χ1) is 10.3. The lowest BCUT2D eigenvalue weighted by Gasteiger charge is -2.15. The molecule has 4 rings (SSSR count). The fourth-order valence-electron chi connectivity index (χ4n) is 2.54. The van der Waals surface area contributed by atoms with E-state index in [0.29, 0.717) is 11.7 Å². The molecule has 0 atom stereocenters. The van der Waals surface area contributed by atoms with Crippen LogP contribution in [0.5, 0.6) is 0 Å². The first-order valence-electron chi connectivity index (χ1n) is 6.86. The lowest BCUT2D eigenvalue weighted by atomic mass is 10.2. The van der Waals surface area contributed by atoms with E-state index < -0.39 is 0 Å². The number of guanidine groups is 1. The summed E-state index contributed by atoms with van der Waals surface area (Å²) < 4.78 is 0. The second-order valence-corrected chi connectivity index (χ2v) is 4.98. The fourth-order valence-corrected chi connectivity index (χ4v) is 2.54. The third-order valence-electron chi connectivity index (χ3n) is 3.58. The maximum absolute atomic E-state index is 12.0. The van der Waals surface area contributed by atoms with Crippen molar-refractivity contribution >= 4 is 29.0 Å². The van der Waals surface area contributed by atoms with Crippen LogP contribution in [0.4, 0.5) is 0 Å². The van der Waals surface area contributed by atoms with Crippen LogP contribution in [0.15, 0.2) is 35.2 Å². The molecule has 106 valence electrons. The zero-order valence-corrected chi connectivity index (χ0v) is 11.3. The number of rotatable bonds is 1. The molecule has 1 fully saturated rings. The van der Waals surface area contributed by atoms with Gasteiger partial charge in [0, 0.05) is 36.4 Å². The second kappa shape index (κ2) is 4.71. The first kappa shape index (κ1) is 12.1. The van der Waals surface area contributed by atoms with E-state index in [4.69, 9.17) is 0 Å². The molecule has 0 spiro atoms. The third kappa shape index (κ3) is 2.07. The van der Waals surface area contributed by atoms with Gasteiger partial charge in [-0.25, -0.2) is 15.4 Å². The number of aromatic nitrogens is 2. The van der Waals surface area contributed by atoms with Gasteiger partial charge >= 0.3 is 0 Å². The summed E-state index contributed by atoms with van der Waals surface area (Å²) in [6.45, 7) is 1.76. The van der Waals surface area contributed by atoms with Crippen molar-refractivity contribution in [2.75, 3.05) is 13.1 Å². The minimum atomic E-state index is -0.183. The molecule has 0 aliphatic carbocycles. The van der Waals surface area contributed by atoms with Crippen LogP contribution in [0.3, 0.4) is 0 Å². The predicted molar refractivity (Wildman–Crippen MR) is 79.0 cm³/mol. The SMILES string of the molecule is O=C1NC(N2CCCN2)=N/C1=C\c1c[nH]c2ncccc12. The quantitative estimate of drug-likeness (QED) is 0.669. The summed E-state index contributed by atoms with van der Waals surface area (Å²) in [5.41, 5.74) is 5.28. The van der Waals surface area contributed by atoms with E-state index >= 15 is 0 Å². The summed E-state index contributed by atoms with van der Waals surface area (Å²) in [5.74, 6) is 0.388. The Hall–Kier alpha value is -2.67. The predicted octanol–water partition coefficient (Wildman–Crippen LogP) is 0.600. The van der Waals surface area contributed by atoms with Gasteiger partial charge in [-0.05, 0) is 24.6 Å². The van der Waals surface area contributed by atoms with E-state index in [1.165, 1.54) is 0 Å². The number of hydrogen-bond donors (Lipinski definition) is 3. The van der Waals surface area contributed by atoms with Crippen molar-refractivity contribution in [2.45, 2.75) is 6.42 Å². The lowest BCUT2D eigenvalue weighted by Crippen LogP contribution is -2.44. The maximum Gasteiger partial charge on any atom is 0.276 e. The molecule has 0 unspecified atom stereocenters. The Balaban J connectivity index is 1.70. The molecule has 21 heavy (non-hydrogen) atoms. The molecule has 2 aromatic rings. The van der Waals surface area contributed by atoms with Crippen molar-refractivity contribution in [3.05, 3.63) is 35.8 Å². The molecule has 4 heterocycles. The lowest BCUT2D eigenvalue weighted by molar-refractivity contribution is -0.115. The molecule has 2 aliphatic heterocycles. The molecule has 7 nitrogen and oxygen atoms in total. The Labute approximate surface area is 120 Å². The molecule has 0 aromatic carbocycles. The summed E-state index contributed by atoms with van der Waals surface area (Å²) in [4.78, 5) is 23.7. The number of nitrogens with one attached hydrogen (secondary N) is 3. The minimum Gasteiger partial charge on any atom is -0.346 e. The zero-order valence-electron chi connectivity index (χ0n) is 11.3. The van der Waals surface area contributed by atoms with Crippen LogP contribution in [-0.2, 0) is 4.79 Å². The number of carbonyl (C=O) groups is 1. The summed E-state index contributed by atoms with van der Waals surface area (Å²) in [7, 11) is 0. The van der Waals surface area contributed by atoms with Gasteiger partial charge in [-0.1, -0.05) is 0 Å². The Morgan fingerprint density at radius 2 is 2.33 bits per heavy atom. The number of pyridine rings is 1. The van der Waals surface area contributed by atoms with Gasteiger partial charge in [0.1, 0.15) is 11.3 Å². The molecule has 0 saturated carbocycles. The molecule has 1 amide bonds. The smallest absolute Gasteiger partial charge is 0.276 e. The van der Waals surface area contributed by atoms with E-state index in [-0.39, 0.29) is 5.91 Å². The van der Waals surface area contributed by atoms with Gasteiger partial charge in [0.25, 0.3) is 5.91 Å². The van der Waals surface area contributed by atoms with Crippen LogP contribution in [0, 0.1) is 0 Å². The number of nitrogens with zero attached hydrogens (tertiary/aromatic N) is 3. The van der Waals surface area contributed by atoms with Gasteiger partial charge < -0.3 is 4.98 Å². The highest BCUT2D eigenvalue weighted by atomic mass is 16.2. The van der Waals surface area contributed by atoms with Crippen LogP contribution in [0.25, 0.3) is 17.1 Å². The van der Waals surface area contributed by atoms with Crippen LogP contribution in [0.1, 0.15) is 12.0 Å². The molecular formula is C14H14N6O. The molecule has 3 N–H and O–H groups in total. The molecule has 1 saturated heterocycles. The number of aliphatic imine (C=N–C) groups is 1. The topological polar surface area (TPSA) is 85.4 Å².